The fourth-order valence-corrected chi connectivity index (χ4v) is 2.95. The second-order valence-corrected chi connectivity index (χ2v) is 6.73. The van der Waals surface area contributed by atoms with E-state index in [1.807, 2.05) is 0 Å². The van der Waals surface area contributed by atoms with Crippen molar-refractivity contribution in [2.75, 3.05) is 25.6 Å². The van der Waals surface area contributed by atoms with Gasteiger partial charge < -0.3 is 20.1 Å². The zero-order valence-electron chi connectivity index (χ0n) is 15.2. The van der Waals surface area contributed by atoms with Crippen molar-refractivity contribution < 1.29 is 23.9 Å². The lowest BCUT2D eigenvalue weighted by atomic mass is 9.95. The van der Waals surface area contributed by atoms with Crippen molar-refractivity contribution in [2.45, 2.75) is 6.42 Å². The maximum Gasteiger partial charge on any atom is 0.325 e. The third-order valence-electron chi connectivity index (χ3n) is 4.34. The number of anilines is 1. The van der Waals surface area contributed by atoms with Gasteiger partial charge in [-0.15, -0.1) is 0 Å². The van der Waals surface area contributed by atoms with E-state index in [9.17, 15) is 14.4 Å². The number of benzene rings is 2. The number of carbonyl (C=O) groups excluding carboxylic acids is 3. The molecule has 0 aromatic heterocycles. The largest absolute Gasteiger partial charge is 0.492 e. The molecule has 2 N–H and O–H groups in total. The van der Waals surface area contributed by atoms with Crippen LogP contribution in [-0.4, -0.2) is 38.0 Å². The smallest absolute Gasteiger partial charge is 0.325 e. The summed E-state index contributed by atoms with van der Waals surface area (Å²) in [6, 6.07) is 11.9. The molecule has 0 bridgehead atoms. The summed E-state index contributed by atoms with van der Waals surface area (Å²) in [6.07, 6.45) is 0.437. The molecule has 146 valence electrons. The summed E-state index contributed by atoms with van der Waals surface area (Å²) >= 11 is 5.84. The lowest BCUT2D eigenvalue weighted by Gasteiger charge is -2.25. The van der Waals surface area contributed by atoms with Crippen LogP contribution in [0.1, 0.15) is 15.9 Å². The van der Waals surface area contributed by atoms with Gasteiger partial charge in [0.15, 0.2) is 0 Å². The van der Waals surface area contributed by atoms with E-state index < -0.39 is 11.9 Å². The lowest BCUT2D eigenvalue weighted by molar-refractivity contribution is -0.141. The lowest BCUT2D eigenvalue weighted by Crippen LogP contribution is -2.39. The zero-order valence-corrected chi connectivity index (χ0v) is 15.9. The van der Waals surface area contributed by atoms with Gasteiger partial charge in [-0.3, -0.25) is 14.4 Å². The van der Waals surface area contributed by atoms with Crippen LogP contribution >= 0.6 is 11.6 Å². The van der Waals surface area contributed by atoms with Crippen molar-refractivity contribution >= 4 is 35.1 Å². The first-order chi connectivity index (χ1) is 13.5. The predicted octanol–water partition coefficient (Wildman–Crippen LogP) is 2.43. The van der Waals surface area contributed by atoms with Crippen molar-refractivity contribution in [3.8, 4) is 5.75 Å². The summed E-state index contributed by atoms with van der Waals surface area (Å²) in [4.78, 5) is 35.7. The molecule has 0 fully saturated rings. The predicted molar refractivity (Wildman–Crippen MR) is 104 cm³/mol. The maximum absolute atomic E-state index is 12.4. The molecule has 1 aliphatic rings. The van der Waals surface area contributed by atoms with Crippen molar-refractivity contribution in [3.63, 3.8) is 0 Å². The molecule has 1 unspecified atom stereocenters. The zero-order chi connectivity index (χ0) is 20.1. The quantitative estimate of drug-likeness (QED) is 0.749. The average Bonchev–Trinajstić information content (AvgIpc) is 2.71. The fraction of sp³-hybridized carbons (Fsp3) is 0.250. The molecule has 2 aromatic rings. The summed E-state index contributed by atoms with van der Waals surface area (Å²) in [5.74, 6) is -0.828. The number of rotatable bonds is 5. The highest BCUT2D eigenvalue weighted by Gasteiger charge is 2.26. The van der Waals surface area contributed by atoms with Crippen molar-refractivity contribution in [3.05, 3.63) is 58.6 Å². The van der Waals surface area contributed by atoms with Gasteiger partial charge in [-0.25, -0.2) is 0 Å². The third kappa shape index (κ3) is 4.80. The molecule has 2 amide bonds. The van der Waals surface area contributed by atoms with Crippen molar-refractivity contribution in [2.24, 2.45) is 5.92 Å². The Morgan fingerprint density at radius 1 is 1.18 bits per heavy atom. The van der Waals surface area contributed by atoms with Crippen LogP contribution in [0.2, 0.25) is 5.02 Å². The summed E-state index contributed by atoms with van der Waals surface area (Å²) in [5, 5.41) is 5.91. The fourth-order valence-electron chi connectivity index (χ4n) is 2.82. The van der Waals surface area contributed by atoms with Gasteiger partial charge in [0.05, 0.1) is 13.0 Å². The second-order valence-electron chi connectivity index (χ2n) is 6.29. The van der Waals surface area contributed by atoms with E-state index in [0.717, 1.165) is 5.56 Å². The van der Waals surface area contributed by atoms with Crippen LogP contribution < -0.4 is 15.4 Å². The summed E-state index contributed by atoms with van der Waals surface area (Å²) in [5.41, 5.74) is 1.88. The molecule has 0 spiro atoms. The Bertz CT molecular complexity index is 898. The number of amides is 2. The van der Waals surface area contributed by atoms with E-state index >= 15 is 0 Å². The molecule has 8 heteroatoms. The number of hydrogen-bond acceptors (Lipinski definition) is 5. The number of esters is 1. The van der Waals surface area contributed by atoms with Crippen LogP contribution in [0.25, 0.3) is 0 Å². The number of nitrogens with one attached hydrogen (secondary N) is 2. The Hall–Kier alpha value is -3.06. The number of ether oxygens (including phenoxy) is 2. The van der Waals surface area contributed by atoms with Gasteiger partial charge in [-0.05, 0) is 54.4 Å². The van der Waals surface area contributed by atoms with E-state index in [2.05, 4.69) is 15.4 Å². The molecule has 28 heavy (non-hydrogen) atoms. The third-order valence-corrected chi connectivity index (χ3v) is 4.59. The van der Waals surface area contributed by atoms with Gasteiger partial charge in [0.25, 0.3) is 5.91 Å². The summed E-state index contributed by atoms with van der Waals surface area (Å²) < 4.78 is 10.2. The van der Waals surface area contributed by atoms with Crippen LogP contribution in [-0.2, 0) is 20.7 Å². The Kier molecular flexibility index (Phi) is 6.16. The molecule has 1 aliphatic heterocycles. The highest BCUT2D eigenvalue weighted by Crippen LogP contribution is 2.30. The minimum Gasteiger partial charge on any atom is -0.492 e. The maximum atomic E-state index is 12.4. The van der Waals surface area contributed by atoms with E-state index in [1.165, 1.54) is 7.11 Å². The summed E-state index contributed by atoms with van der Waals surface area (Å²) in [7, 11) is 1.26. The SMILES string of the molecule is COC(=O)CNC(=O)C1COc2ccc(NC(=O)c3ccc(Cl)cc3)cc2C1. The molecule has 2 aromatic carbocycles. The Morgan fingerprint density at radius 3 is 2.64 bits per heavy atom. The first-order valence-corrected chi connectivity index (χ1v) is 9.01. The van der Waals surface area contributed by atoms with E-state index in [4.69, 9.17) is 16.3 Å². The van der Waals surface area contributed by atoms with E-state index in [0.29, 0.717) is 28.4 Å². The first kappa shape index (κ1) is 19.7. The number of halogens is 1. The van der Waals surface area contributed by atoms with Crippen LogP contribution in [0.5, 0.6) is 5.75 Å². The molecule has 1 atom stereocenters. The van der Waals surface area contributed by atoms with Crippen LogP contribution in [0.4, 0.5) is 5.69 Å². The number of carbonyl (C=O) groups is 3. The molecule has 1 heterocycles. The minimum absolute atomic E-state index is 0.185. The molecule has 0 saturated heterocycles. The van der Waals surface area contributed by atoms with Crippen molar-refractivity contribution in [1.82, 2.24) is 5.32 Å². The monoisotopic (exact) mass is 402 g/mol. The van der Waals surface area contributed by atoms with Crippen LogP contribution in [0, 0.1) is 5.92 Å². The van der Waals surface area contributed by atoms with Gasteiger partial charge in [-0.1, -0.05) is 11.6 Å². The normalized spacial score (nSPS) is 15.0. The molecular weight excluding hydrogens is 384 g/mol. The standard InChI is InChI=1S/C20H19ClN2O5/c1-27-18(24)10-22-19(25)14-8-13-9-16(6-7-17(13)28-11-14)23-20(26)12-2-4-15(21)5-3-12/h2-7,9,14H,8,10-11H2,1H3,(H,22,25)(H,23,26). The molecule has 0 saturated carbocycles. The Balaban J connectivity index is 1.65. The number of fused-ring (bicyclic) bond motifs is 1. The van der Waals surface area contributed by atoms with Gasteiger partial charge >= 0.3 is 5.97 Å². The van der Waals surface area contributed by atoms with E-state index in [-0.39, 0.29) is 25.0 Å². The Labute approximate surface area is 167 Å². The average molecular weight is 403 g/mol. The van der Waals surface area contributed by atoms with Crippen molar-refractivity contribution in [1.29, 1.82) is 0 Å². The van der Waals surface area contributed by atoms with Gasteiger partial charge in [0, 0.05) is 16.3 Å². The molecule has 7 nitrogen and oxygen atoms in total. The van der Waals surface area contributed by atoms with Crippen LogP contribution in [0.15, 0.2) is 42.5 Å². The first-order valence-electron chi connectivity index (χ1n) is 8.63. The Morgan fingerprint density at radius 2 is 1.93 bits per heavy atom. The molecule has 0 aliphatic carbocycles. The van der Waals surface area contributed by atoms with Gasteiger partial charge in [0.2, 0.25) is 5.91 Å². The highest BCUT2D eigenvalue weighted by molar-refractivity contribution is 6.30. The molecule has 3 rings (SSSR count). The van der Waals surface area contributed by atoms with Gasteiger partial charge in [-0.2, -0.15) is 0 Å². The second kappa shape index (κ2) is 8.75. The topological polar surface area (TPSA) is 93.7 Å². The minimum atomic E-state index is -0.516. The van der Waals surface area contributed by atoms with Crippen LogP contribution in [0.3, 0.4) is 0 Å². The molecule has 0 radical (unpaired) electrons. The molecular formula is C20H19ClN2O5. The summed E-state index contributed by atoms with van der Waals surface area (Å²) in [6.45, 7) is 0.0341. The van der Waals surface area contributed by atoms with Gasteiger partial charge in [0.1, 0.15) is 18.9 Å². The number of hydrogen-bond donors (Lipinski definition) is 2. The van der Waals surface area contributed by atoms with E-state index in [1.54, 1.807) is 42.5 Å². The number of methoxy groups -OCH3 is 1. The highest BCUT2D eigenvalue weighted by atomic mass is 35.5.